The highest BCUT2D eigenvalue weighted by atomic mass is 16.5. The van der Waals surface area contributed by atoms with Crippen LogP contribution in [-0.2, 0) is 4.74 Å². The van der Waals surface area contributed by atoms with Crippen LogP contribution < -0.4 is 5.73 Å². The topological polar surface area (TPSA) is 35.2 Å². The molecule has 2 N–H and O–H groups in total. The number of hydrogen-bond donors (Lipinski definition) is 1. The molecule has 0 aromatic carbocycles. The standard InChI is InChI=1S/C7H13NO/c1-2-6-3-4-7(5-8)9-6/h2,6-7H,1,3-5,8H2/t6-,7-/m1/s1. The molecular formula is C7H13NO. The van der Waals surface area contributed by atoms with Crippen molar-refractivity contribution in [3.63, 3.8) is 0 Å². The zero-order chi connectivity index (χ0) is 6.69. The smallest absolute Gasteiger partial charge is 0.0758 e. The molecule has 2 heteroatoms. The van der Waals surface area contributed by atoms with Crippen LogP contribution in [0.25, 0.3) is 0 Å². The van der Waals surface area contributed by atoms with Crippen LogP contribution in [0.4, 0.5) is 0 Å². The van der Waals surface area contributed by atoms with Crippen molar-refractivity contribution in [2.24, 2.45) is 5.73 Å². The van der Waals surface area contributed by atoms with E-state index >= 15 is 0 Å². The lowest BCUT2D eigenvalue weighted by Crippen LogP contribution is -2.19. The molecule has 9 heavy (non-hydrogen) atoms. The summed E-state index contributed by atoms with van der Waals surface area (Å²) >= 11 is 0. The van der Waals surface area contributed by atoms with E-state index in [1.165, 1.54) is 0 Å². The molecule has 2 nitrogen and oxygen atoms in total. The second-order valence-electron chi connectivity index (χ2n) is 2.35. The summed E-state index contributed by atoms with van der Waals surface area (Å²) in [5.41, 5.74) is 5.39. The van der Waals surface area contributed by atoms with E-state index in [4.69, 9.17) is 10.5 Å². The highest BCUT2D eigenvalue weighted by Gasteiger charge is 2.20. The molecule has 0 bridgehead atoms. The first-order valence-electron chi connectivity index (χ1n) is 3.35. The van der Waals surface area contributed by atoms with Gasteiger partial charge in [0.1, 0.15) is 0 Å². The zero-order valence-corrected chi connectivity index (χ0v) is 5.55. The lowest BCUT2D eigenvalue weighted by molar-refractivity contribution is 0.0770. The molecule has 0 spiro atoms. The molecule has 1 aliphatic heterocycles. The second kappa shape index (κ2) is 2.99. The van der Waals surface area contributed by atoms with E-state index in [9.17, 15) is 0 Å². The fourth-order valence-corrected chi connectivity index (χ4v) is 1.08. The van der Waals surface area contributed by atoms with Gasteiger partial charge in [0, 0.05) is 6.54 Å². The van der Waals surface area contributed by atoms with Gasteiger partial charge in [-0.25, -0.2) is 0 Å². The number of nitrogens with two attached hydrogens (primary N) is 1. The van der Waals surface area contributed by atoms with Crippen LogP contribution in [0.1, 0.15) is 12.8 Å². The van der Waals surface area contributed by atoms with Crippen LogP contribution in [-0.4, -0.2) is 18.8 Å². The fraction of sp³-hybridized carbons (Fsp3) is 0.714. The summed E-state index contributed by atoms with van der Waals surface area (Å²) < 4.78 is 5.42. The predicted octanol–water partition coefficient (Wildman–Crippen LogP) is 0.679. The van der Waals surface area contributed by atoms with Crippen molar-refractivity contribution >= 4 is 0 Å². The Morgan fingerprint density at radius 2 is 2.44 bits per heavy atom. The first-order valence-corrected chi connectivity index (χ1v) is 3.35. The molecule has 0 aromatic heterocycles. The average Bonchev–Trinajstić information content (AvgIpc) is 2.34. The Bertz CT molecular complexity index is 103. The first-order chi connectivity index (χ1) is 4.36. The van der Waals surface area contributed by atoms with Crippen LogP contribution >= 0.6 is 0 Å². The summed E-state index contributed by atoms with van der Waals surface area (Å²) in [5, 5.41) is 0. The molecule has 1 heterocycles. The van der Waals surface area contributed by atoms with Crippen LogP contribution in [0.3, 0.4) is 0 Å². The number of hydrogen-bond acceptors (Lipinski definition) is 2. The molecule has 1 fully saturated rings. The van der Waals surface area contributed by atoms with Gasteiger partial charge in [-0.2, -0.15) is 0 Å². The molecule has 0 amide bonds. The largest absolute Gasteiger partial charge is 0.370 e. The van der Waals surface area contributed by atoms with Gasteiger partial charge in [-0.3, -0.25) is 0 Å². The Balaban J connectivity index is 2.28. The zero-order valence-electron chi connectivity index (χ0n) is 5.55. The number of rotatable bonds is 2. The van der Waals surface area contributed by atoms with Gasteiger partial charge in [0.15, 0.2) is 0 Å². The maximum absolute atomic E-state index is 5.42. The summed E-state index contributed by atoms with van der Waals surface area (Å²) in [7, 11) is 0. The maximum Gasteiger partial charge on any atom is 0.0758 e. The monoisotopic (exact) mass is 127 g/mol. The van der Waals surface area contributed by atoms with Gasteiger partial charge in [-0.15, -0.1) is 6.58 Å². The molecule has 0 aromatic rings. The quantitative estimate of drug-likeness (QED) is 0.553. The van der Waals surface area contributed by atoms with Crippen molar-refractivity contribution in [1.82, 2.24) is 0 Å². The third-order valence-corrected chi connectivity index (χ3v) is 1.67. The Kier molecular flexibility index (Phi) is 2.25. The van der Waals surface area contributed by atoms with Crippen molar-refractivity contribution in [3.05, 3.63) is 12.7 Å². The van der Waals surface area contributed by atoms with Crippen LogP contribution in [0, 0.1) is 0 Å². The van der Waals surface area contributed by atoms with Crippen LogP contribution in [0.5, 0.6) is 0 Å². The summed E-state index contributed by atoms with van der Waals surface area (Å²) in [6.07, 6.45) is 4.57. The highest BCUT2D eigenvalue weighted by Crippen LogP contribution is 2.18. The molecule has 1 aliphatic rings. The van der Waals surface area contributed by atoms with Gasteiger partial charge in [0.2, 0.25) is 0 Å². The third kappa shape index (κ3) is 1.53. The predicted molar refractivity (Wildman–Crippen MR) is 37.1 cm³/mol. The molecular weight excluding hydrogens is 114 g/mol. The Labute approximate surface area is 55.7 Å². The van der Waals surface area contributed by atoms with Gasteiger partial charge in [0.25, 0.3) is 0 Å². The molecule has 52 valence electrons. The molecule has 1 saturated heterocycles. The highest BCUT2D eigenvalue weighted by molar-refractivity contribution is 4.86. The lowest BCUT2D eigenvalue weighted by atomic mass is 10.2. The Hall–Kier alpha value is -0.340. The molecule has 1 rings (SSSR count). The summed E-state index contributed by atoms with van der Waals surface area (Å²) in [5.74, 6) is 0. The number of ether oxygens (including phenoxy) is 1. The maximum atomic E-state index is 5.42. The molecule has 0 saturated carbocycles. The normalized spacial score (nSPS) is 34.8. The van der Waals surface area contributed by atoms with E-state index in [0.717, 1.165) is 12.8 Å². The Morgan fingerprint density at radius 1 is 1.67 bits per heavy atom. The van der Waals surface area contributed by atoms with E-state index in [1.807, 2.05) is 6.08 Å². The lowest BCUT2D eigenvalue weighted by Gasteiger charge is -2.06. The van der Waals surface area contributed by atoms with Crippen molar-refractivity contribution in [3.8, 4) is 0 Å². The van der Waals surface area contributed by atoms with Crippen molar-refractivity contribution < 1.29 is 4.74 Å². The summed E-state index contributed by atoms with van der Waals surface area (Å²) in [6, 6.07) is 0. The van der Waals surface area contributed by atoms with E-state index in [-0.39, 0.29) is 12.2 Å². The van der Waals surface area contributed by atoms with Crippen molar-refractivity contribution in [2.75, 3.05) is 6.54 Å². The van der Waals surface area contributed by atoms with E-state index in [2.05, 4.69) is 6.58 Å². The minimum absolute atomic E-state index is 0.263. The van der Waals surface area contributed by atoms with Gasteiger partial charge in [-0.05, 0) is 12.8 Å². The van der Waals surface area contributed by atoms with E-state index in [0.29, 0.717) is 6.54 Å². The van der Waals surface area contributed by atoms with Gasteiger partial charge in [-0.1, -0.05) is 6.08 Å². The van der Waals surface area contributed by atoms with Gasteiger partial charge in [0.05, 0.1) is 12.2 Å². The molecule has 2 atom stereocenters. The molecule has 0 aliphatic carbocycles. The van der Waals surface area contributed by atoms with E-state index < -0.39 is 0 Å². The minimum atomic E-state index is 0.263. The summed E-state index contributed by atoms with van der Waals surface area (Å²) in [4.78, 5) is 0. The van der Waals surface area contributed by atoms with Crippen molar-refractivity contribution in [1.29, 1.82) is 0 Å². The SMILES string of the molecule is C=C[C@@H]1CC[C@H](CN)O1. The van der Waals surface area contributed by atoms with Crippen LogP contribution in [0.15, 0.2) is 12.7 Å². The average molecular weight is 127 g/mol. The Morgan fingerprint density at radius 3 is 2.78 bits per heavy atom. The molecule has 0 unspecified atom stereocenters. The third-order valence-electron chi connectivity index (χ3n) is 1.67. The summed E-state index contributed by atoms with van der Waals surface area (Å²) in [6.45, 7) is 4.29. The fourth-order valence-electron chi connectivity index (χ4n) is 1.08. The first kappa shape index (κ1) is 6.78. The van der Waals surface area contributed by atoms with Crippen LogP contribution in [0.2, 0.25) is 0 Å². The minimum Gasteiger partial charge on any atom is -0.370 e. The van der Waals surface area contributed by atoms with Gasteiger partial charge >= 0.3 is 0 Å². The van der Waals surface area contributed by atoms with Crippen molar-refractivity contribution in [2.45, 2.75) is 25.0 Å². The van der Waals surface area contributed by atoms with Gasteiger partial charge < -0.3 is 10.5 Å². The second-order valence-corrected chi connectivity index (χ2v) is 2.35. The molecule has 0 radical (unpaired) electrons. The van der Waals surface area contributed by atoms with E-state index in [1.54, 1.807) is 0 Å².